The molecule has 4 rings (SSSR count). The molecule has 2 amide bonds. The number of ether oxygens (including phenoxy) is 1. The van der Waals surface area contributed by atoms with Crippen LogP contribution in [0.3, 0.4) is 0 Å². The first-order valence-electron chi connectivity index (χ1n) is 11.0. The largest absolute Gasteiger partial charge is 0.361 e. The van der Waals surface area contributed by atoms with E-state index in [0.717, 1.165) is 16.7 Å². The number of hydrogen-bond donors (Lipinski definition) is 1. The standard InChI is InChI=1S/C26H26FN3O3/c1-2-28-25(32)26(18-30(15-16-33-26)24(31)23-9-5-6-14-29-23)17-20-7-3-4-8-22(20)19-10-12-21(27)13-11-19/h3-14H,2,15-18H2,1H3,(H,28,32)/t26-/m1/s1. The number of likely N-dealkylation sites (N-methyl/N-ethyl adjacent to an activating group) is 1. The van der Waals surface area contributed by atoms with Crippen molar-refractivity contribution in [2.45, 2.75) is 18.9 Å². The van der Waals surface area contributed by atoms with Crippen molar-refractivity contribution in [2.75, 3.05) is 26.2 Å². The molecule has 6 nitrogen and oxygen atoms in total. The van der Waals surface area contributed by atoms with Crippen molar-refractivity contribution in [3.05, 3.63) is 90.0 Å². The van der Waals surface area contributed by atoms with Gasteiger partial charge in [-0.2, -0.15) is 0 Å². The molecule has 1 atom stereocenters. The van der Waals surface area contributed by atoms with E-state index in [4.69, 9.17) is 4.74 Å². The Morgan fingerprint density at radius 1 is 1.09 bits per heavy atom. The van der Waals surface area contributed by atoms with Gasteiger partial charge in [0.05, 0.1) is 13.2 Å². The Kier molecular flexibility index (Phi) is 6.79. The van der Waals surface area contributed by atoms with Crippen LogP contribution in [0, 0.1) is 5.82 Å². The van der Waals surface area contributed by atoms with Gasteiger partial charge in [-0.25, -0.2) is 4.39 Å². The summed E-state index contributed by atoms with van der Waals surface area (Å²) in [5.41, 5.74) is 1.68. The van der Waals surface area contributed by atoms with Gasteiger partial charge < -0.3 is 15.0 Å². The number of amides is 2. The Morgan fingerprint density at radius 3 is 2.58 bits per heavy atom. The minimum absolute atomic E-state index is 0.103. The number of rotatable bonds is 6. The highest BCUT2D eigenvalue weighted by Crippen LogP contribution is 2.31. The van der Waals surface area contributed by atoms with Crippen LogP contribution in [0.25, 0.3) is 11.1 Å². The van der Waals surface area contributed by atoms with E-state index in [1.807, 2.05) is 31.2 Å². The highest BCUT2D eigenvalue weighted by molar-refractivity contribution is 5.94. The maximum absolute atomic E-state index is 13.5. The van der Waals surface area contributed by atoms with Gasteiger partial charge in [-0.05, 0) is 47.9 Å². The summed E-state index contributed by atoms with van der Waals surface area (Å²) in [7, 11) is 0. The van der Waals surface area contributed by atoms with Gasteiger partial charge in [0.1, 0.15) is 11.5 Å². The number of pyridine rings is 1. The molecule has 2 heterocycles. The van der Waals surface area contributed by atoms with Crippen LogP contribution in [-0.4, -0.2) is 53.5 Å². The molecular formula is C26H26FN3O3. The van der Waals surface area contributed by atoms with Crippen molar-refractivity contribution in [1.29, 1.82) is 0 Å². The van der Waals surface area contributed by atoms with Crippen LogP contribution in [0.5, 0.6) is 0 Å². The van der Waals surface area contributed by atoms with Gasteiger partial charge in [-0.1, -0.05) is 42.5 Å². The molecule has 0 unspecified atom stereocenters. The van der Waals surface area contributed by atoms with E-state index in [9.17, 15) is 14.0 Å². The Labute approximate surface area is 192 Å². The molecule has 170 valence electrons. The fourth-order valence-electron chi connectivity index (χ4n) is 4.15. The number of nitrogens with one attached hydrogen (secondary N) is 1. The lowest BCUT2D eigenvalue weighted by atomic mass is 9.87. The van der Waals surface area contributed by atoms with Gasteiger partial charge in [-0.15, -0.1) is 0 Å². The fourth-order valence-corrected chi connectivity index (χ4v) is 4.15. The number of aromatic nitrogens is 1. The number of hydrogen-bond acceptors (Lipinski definition) is 4. The molecule has 1 aliphatic rings. The molecule has 0 spiro atoms. The summed E-state index contributed by atoms with van der Waals surface area (Å²) in [6.07, 6.45) is 1.84. The fraction of sp³-hybridized carbons (Fsp3) is 0.269. The lowest BCUT2D eigenvalue weighted by Crippen LogP contribution is -2.62. The number of nitrogens with zero attached hydrogens (tertiary/aromatic N) is 2. The van der Waals surface area contributed by atoms with Crippen LogP contribution < -0.4 is 5.32 Å². The second-order valence-electron chi connectivity index (χ2n) is 7.98. The lowest BCUT2D eigenvalue weighted by molar-refractivity contribution is -0.157. The Balaban J connectivity index is 1.68. The van der Waals surface area contributed by atoms with Crippen molar-refractivity contribution in [1.82, 2.24) is 15.2 Å². The molecule has 1 saturated heterocycles. The predicted octanol–water partition coefficient (Wildman–Crippen LogP) is 3.48. The number of benzene rings is 2. The molecule has 3 aromatic rings. The van der Waals surface area contributed by atoms with Gasteiger partial charge in [0.2, 0.25) is 0 Å². The Morgan fingerprint density at radius 2 is 1.85 bits per heavy atom. The normalized spacial score (nSPS) is 18.1. The topological polar surface area (TPSA) is 71.5 Å². The molecule has 0 aliphatic carbocycles. The predicted molar refractivity (Wildman–Crippen MR) is 123 cm³/mol. The van der Waals surface area contributed by atoms with Crippen molar-refractivity contribution in [2.24, 2.45) is 0 Å². The van der Waals surface area contributed by atoms with Gasteiger partial charge in [-0.3, -0.25) is 14.6 Å². The van der Waals surface area contributed by atoms with E-state index in [1.165, 1.54) is 12.1 Å². The Bertz CT molecular complexity index is 1120. The summed E-state index contributed by atoms with van der Waals surface area (Å²) in [6, 6.07) is 19.1. The maximum Gasteiger partial charge on any atom is 0.272 e. The average molecular weight is 448 g/mol. The summed E-state index contributed by atoms with van der Waals surface area (Å²) in [5.74, 6) is -0.814. The summed E-state index contributed by atoms with van der Waals surface area (Å²) < 4.78 is 19.6. The summed E-state index contributed by atoms with van der Waals surface area (Å²) >= 11 is 0. The van der Waals surface area contributed by atoms with Gasteiger partial charge in [0.15, 0.2) is 5.60 Å². The summed E-state index contributed by atoms with van der Waals surface area (Å²) in [5, 5.41) is 2.88. The van der Waals surface area contributed by atoms with Crippen molar-refractivity contribution >= 4 is 11.8 Å². The lowest BCUT2D eigenvalue weighted by Gasteiger charge is -2.41. The van der Waals surface area contributed by atoms with Crippen LogP contribution in [0.4, 0.5) is 4.39 Å². The minimum atomic E-state index is -1.26. The monoisotopic (exact) mass is 447 g/mol. The van der Waals surface area contributed by atoms with Crippen LogP contribution in [-0.2, 0) is 16.0 Å². The molecule has 0 saturated carbocycles. The third kappa shape index (κ3) is 4.93. The number of halogens is 1. The molecule has 1 fully saturated rings. The van der Waals surface area contributed by atoms with Crippen LogP contribution in [0.2, 0.25) is 0 Å². The van der Waals surface area contributed by atoms with Crippen LogP contribution in [0.15, 0.2) is 72.9 Å². The zero-order valence-corrected chi connectivity index (χ0v) is 18.5. The number of carbonyl (C=O) groups is 2. The van der Waals surface area contributed by atoms with E-state index >= 15 is 0 Å². The number of morpholine rings is 1. The van der Waals surface area contributed by atoms with E-state index < -0.39 is 5.60 Å². The zero-order valence-electron chi connectivity index (χ0n) is 18.5. The highest BCUT2D eigenvalue weighted by Gasteiger charge is 2.45. The molecule has 0 radical (unpaired) electrons. The van der Waals surface area contributed by atoms with Gasteiger partial charge >= 0.3 is 0 Å². The molecule has 1 N–H and O–H groups in total. The van der Waals surface area contributed by atoms with E-state index in [0.29, 0.717) is 18.8 Å². The average Bonchev–Trinajstić information content (AvgIpc) is 2.85. The first-order valence-corrected chi connectivity index (χ1v) is 11.0. The minimum Gasteiger partial charge on any atom is -0.361 e. The van der Waals surface area contributed by atoms with Gasteiger partial charge in [0.25, 0.3) is 11.8 Å². The van der Waals surface area contributed by atoms with Crippen LogP contribution in [0.1, 0.15) is 23.0 Å². The van der Waals surface area contributed by atoms with Gasteiger partial charge in [0, 0.05) is 25.7 Å². The molecule has 33 heavy (non-hydrogen) atoms. The van der Waals surface area contributed by atoms with Crippen molar-refractivity contribution < 1.29 is 18.7 Å². The summed E-state index contributed by atoms with van der Waals surface area (Å²) in [6.45, 7) is 2.99. The first-order chi connectivity index (χ1) is 16.0. The second kappa shape index (κ2) is 9.92. The van der Waals surface area contributed by atoms with Crippen molar-refractivity contribution in [3.63, 3.8) is 0 Å². The van der Waals surface area contributed by atoms with Crippen molar-refractivity contribution in [3.8, 4) is 11.1 Å². The number of carbonyl (C=O) groups excluding carboxylic acids is 2. The molecule has 0 bridgehead atoms. The molecule has 2 aromatic carbocycles. The SMILES string of the molecule is CCNC(=O)[C@@]1(Cc2ccccc2-c2ccc(F)cc2)CN(C(=O)c2ccccn2)CCO1. The third-order valence-electron chi connectivity index (χ3n) is 5.76. The molecular weight excluding hydrogens is 421 g/mol. The first kappa shape index (κ1) is 22.6. The van der Waals surface area contributed by atoms with E-state index in [2.05, 4.69) is 10.3 Å². The maximum atomic E-state index is 13.5. The zero-order chi connectivity index (χ0) is 23.3. The summed E-state index contributed by atoms with van der Waals surface area (Å²) in [4.78, 5) is 32.2. The highest BCUT2D eigenvalue weighted by atomic mass is 19.1. The van der Waals surface area contributed by atoms with E-state index in [-0.39, 0.29) is 37.2 Å². The van der Waals surface area contributed by atoms with Crippen LogP contribution >= 0.6 is 0 Å². The molecule has 1 aromatic heterocycles. The van der Waals surface area contributed by atoms with E-state index in [1.54, 1.807) is 41.4 Å². The quantitative estimate of drug-likeness (QED) is 0.628. The Hall–Kier alpha value is -3.58. The second-order valence-corrected chi connectivity index (χ2v) is 7.98. The molecule has 7 heteroatoms. The smallest absolute Gasteiger partial charge is 0.272 e. The molecule has 1 aliphatic heterocycles. The third-order valence-corrected chi connectivity index (χ3v) is 5.76.